The first-order valence-electron chi connectivity index (χ1n) is 8.86. The number of para-hydroxylation sites is 1. The molecular formula is C20H19ClF3N2O3S+. The third-order valence-corrected chi connectivity index (χ3v) is 7.33. The van der Waals surface area contributed by atoms with Crippen molar-refractivity contribution in [1.82, 2.24) is 3.89 Å². The smallest absolute Gasteiger partial charge is 0.408 e. The van der Waals surface area contributed by atoms with Crippen LogP contribution in [-0.2, 0) is 10.0 Å². The fraction of sp³-hybridized carbons (Fsp3) is 0.200. The minimum absolute atomic E-state index is 0.0213. The van der Waals surface area contributed by atoms with Gasteiger partial charge in [-0.15, -0.1) is 3.89 Å². The Morgan fingerprint density at radius 2 is 1.73 bits per heavy atom. The molecule has 0 saturated heterocycles. The van der Waals surface area contributed by atoms with Crippen LogP contribution in [0.2, 0.25) is 0 Å². The van der Waals surface area contributed by atoms with E-state index in [0.717, 1.165) is 0 Å². The molecule has 160 valence electrons. The van der Waals surface area contributed by atoms with Gasteiger partial charge in [-0.1, -0.05) is 24.3 Å². The number of hydrogen-bond donors (Lipinski definition) is 1. The van der Waals surface area contributed by atoms with Crippen LogP contribution in [0.5, 0.6) is 11.5 Å². The summed E-state index contributed by atoms with van der Waals surface area (Å²) < 4.78 is 70.1. The molecule has 2 aromatic rings. The van der Waals surface area contributed by atoms with E-state index in [4.69, 9.17) is 22.1 Å². The third kappa shape index (κ3) is 4.39. The second-order valence-corrected chi connectivity index (χ2v) is 9.03. The maximum absolute atomic E-state index is 13.1. The third-order valence-electron chi connectivity index (χ3n) is 4.52. The molecule has 1 aliphatic heterocycles. The summed E-state index contributed by atoms with van der Waals surface area (Å²) in [5.74, 6) is -1.29. The molecule has 2 N–H and O–H groups in total. The van der Waals surface area contributed by atoms with Crippen molar-refractivity contribution in [3.63, 3.8) is 0 Å². The lowest BCUT2D eigenvalue weighted by atomic mass is 10.1. The average molecular weight is 460 g/mol. The van der Waals surface area contributed by atoms with Crippen LogP contribution in [0.4, 0.5) is 18.9 Å². The number of benzene rings is 2. The first-order valence-corrected chi connectivity index (χ1v) is 10.8. The predicted octanol–water partition coefficient (Wildman–Crippen LogP) is 4.66. The first-order chi connectivity index (χ1) is 14.1. The molecule has 1 heterocycles. The number of alkyl halides is 3. The van der Waals surface area contributed by atoms with E-state index in [1.54, 1.807) is 36.4 Å². The molecule has 5 nitrogen and oxygen atoms in total. The zero-order valence-corrected chi connectivity index (χ0v) is 17.2. The normalized spacial score (nSPS) is 19.8. The average Bonchev–Trinajstić information content (AvgIpc) is 2.67. The summed E-state index contributed by atoms with van der Waals surface area (Å²) in [5, 5.41) is -0.291. The number of halogens is 4. The molecular weight excluding hydrogens is 441 g/mol. The Morgan fingerprint density at radius 1 is 1.07 bits per heavy atom. The molecule has 30 heavy (non-hydrogen) atoms. The van der Waals surface area contributed by atoms with Gasteiger partial charge in [0.1, 0.15) is 18.0 Å². The van der Waals surface area contributed by atoms with Gasteiger partial charge in [0.25, 0.3) is 0 Å². The molecule has 0 amide bonds. The Bertz CT molecular complexity index is 1090. The van der Waals surface area contributed by atoms with E-state index in [0.29, 0.717) is 5.75 Å². The van der Waals surface area contributed by atoms with E-state index in [1.165, 1.54) is 30.4 Å². The van der Waals surface area contributed by atoms with Crippen molar-refractivity contribution >= 4 is 27.3 Å². The highest BCUT2D eigenvalue weighted by Gasteiger charge is 2.54. The maximum atomic E-state index is 13.1. The minimum atomic E-state index is -4.94. The van der Waals surface area contributed by atoms with Crippen LogP contribution < -0.4 is 14.4 Å². The van der Waals surface area contributed by atoms with Crippen LogP contribution in [0.15, 0.2) is 77.5 Å². The van der Waals surface area contributed by atoms with Crippen molar-refractivity contribution in [2.24, 2.45) is 5.73 Å². The maximum Gasteiger partial charge on any atom is 0.408 e. The molecule has 0 spiro atoms. The zero-order valence-electron chi connectivity index (χ0n) is 15.6. The Kier molecular flexibility index (Phi) is 6.28. The minimum Gasteiger partial charge on any atom is -0.457 e. The highest BCUT2D eigenvalue weighted by atomic mass is 35.5. The summed E-state index contributed by atoms with van der Waals surface area (Å²) in [4.78, 5) is 0. The van der Waals surface area contributed by atoms with Crippen LogP contribution in [0.1, 0.15) is 0 Å². The van der Waals surface area contributed by atoms with Crippen molar-refractivity contribution in [1.29, 1.82) is 0 Å². The first kappa shape index (κ1) is 22.4. The summed E-state index contributed by atoms with van der Waals surface area (Å²) in [6.45, 7) is -0.438. The van der Waals surface area contributed by atoms with Crippen LogP contribution in [0.3, 0.4) is 0 Å². The molecule has 10 heteroatoms. The summed E-state index contributed by atoms with van der Waals surface area (Å²) in [6.07, 6.45) is -1.97. The van der Waals surface area contributed by atoms with E-state index in [1.807, 2.05) is 0 Å². The lowest BCUT2D eigenvalue weighted by Gasteiger charge is -2.37. The van der Waals surface area contributed by atoms with Crippen LogP contribution in [-0.4, -0.2) is 33.4 Å². The predicted molar refractivity (Wildman–Crippen MR) is 111 cm³/mol. The molecule has 1 atom stereocenters. The van der Waals surface area contributed by atoms with Gasteiger partial charge >= 0.3 is 16.2 Å². The fourth-order valence-electron chi connectivity index (χ4n) is 3.20. The number of rotatable bonds is 6. The number of nitrogens with zero attached hydrogens (tertiary/aromatic N) is 1. The van der Waals surface area contributed by atoms with E-state index in [2.05, 4.69) is 0 Å². The Balaban J connectivity index is 2.16. The molecule has 0 aromatic heterocycles. The highest BCUT2D eigenvalue weighted by molar-refractivity contribution is 7.91. The Morgan fingerprint density at radius 3 is 2.37 bits per heavy atom. The molecule has 0 saturated carbocycles. The molecule has 0 fully saturated rings. The molecule has 0 radical (unpaired) electrons. The SMILES string of the molecule is NCC1=C(Cl)[N+](c2cccc(Oc3ccccc3)c2)(S(=O)(=O)CC(F)(F)F)CC=C1. The Hall–Kier alpha value is -2.33. The Labute approximate surface area is 177 Å². The molecule has 3 rings (SSSR count). The molecule has 1 aliphatic rings. The van der Waals surface area contributed by atoms with Crippen molar-refractivity contribution < 1.29 is 26.3 Å². The van der Waals surface area contributed by atoms with E-state index in [-0.39, 0.29) is 35.3 Å². The van der Waals surface area contributed by atoms with Crippen molar-refractivity contribution in [3.8, 4) is 11.5 Å². The fourth-order valence-corrected chi connectivity index (χ4v) is 5.57. The van der Waals surface area contributed by atoms with Gasteiger partial charge in [0.05, 0.1) is 0 Å². The van der Waals surface area contributed by atoms with Gasteiger partial charge < -0.3 is 10.5 Å². The van der Waals surface area contributed by atoms with E-state index >= 15 is 0 Å². The second kappa shape index (κ2) is 8.43. The van der Waals surface area contributed by atoms with Gasteiger partial charge in [0.15, 0.2) is 11.4 Å². The number of nitrogens with two attached hydrogens (primary N) is 1. The van der Waals surface area contributed by atoms with Crippen LogP contribution in [0.25, 0.3) is 0 Å². The zero-order chi connectivity index (χ0) is 22.0. The quantitative estimate of drug-likeness (QED) is 0.504. The molecule has 0 bridgehead atoms. The topological polar surface area (TPSA) is 69.4 Å². The van der Waals surface area contributed by atoms with Gasteiger partial charge in [-0.2, -0.15) is 21.6 Å². The van der Waals surface area contributed by atoms with Gasteiger partial charge in [0, 0.05) is 24.3 Å². The molecule has 0 aliphatic carbocycles. The van der Waals surface area contributed by atoms with Crippen molar-refractivity contribution in [2.75, 3.05) is 18.8 Å². The molecule has 1 unspecified atom stereocenters. The highest BCUT2D eigenvalue weighted by Crippen LogP contribution is 2.42. The number of ether oxygens (including phenoxy) is 1. The van der Waals surface area contributed by atoms with Crippen LogP contribution >= 0.6 is 11.6 Å². The number of quaternary nitrogens is 1. The van der Waals surface area contributed by atoms with Gasteiger partial charge in [-0.3, -0.25) is 0 Å². The second-order valence-electron chi connectivity index (χ2n) is 6.60. The van der Waals surface area contributed by atoms with Crippen molar-refractivity contribution in [3.05, 3.63) is 77.5 Å². The summed E-state index contributed by atoms with van der Waals surface area (Å²) in [6, 6.07) is 14.5. The lowest BCUT2D eigenvalue weighted by Crippen LogP contribution is -2.56. The van der Waals surface area contributed by atoms with E-state index in [9.17, 15) is 21.6 Å². The van der Waals surface area contributed by atoms with E-state index < -0.39 is 25.8 Å². The van der Waals surface area contributed by atoms with Gasteiger partial charge in [-0.25, -0.2) is 0 Å². The van der Waals surface area contributed by atoms with Crippen LogP contribution in [0, 0.1) is 0 Å². The number of hydrogen-bond acceptors (Lipinski definition) is 4. The largest absolute Gasteiger partial charge is 0.457 e. The monoisotopic (exact) mass is 459 g/mol. The number of sulfonamides is 1. The summed E-state index contributed by atoms with van der Waals surface area (Å²) in [7, 11) is -4.88. The lowest BCUT2D eigenvalue weighted by molar-refractivity contribution is -0.106. The van der Waals surface area contributed by atoms with Crippen molar-refractivity contribution in [2.45, 2.75) is 6.18 Å². The summed E-state index contributed by atoms with van der Waals surface area (Å²) >= 11 is 6.40. The molecule has 2 aromatic carbocycles. The van der Waals surface area contributed by atoms with Gasteiger partial charge in [0.2, 0.25) is 5.16 Å². The standard InChI is InChI=1S/C20H19ClF3N2O3S/c21-19-15(13-25)6-5-11-26(19,30(27,28)14-20(22,23)24)16-7-4-10-18(12-16)29-17-8-2-1-3-9-17/h1-10,12H,11,13-14,25H2/q+1. The van der Waals surface area contributed by atoms with Gasteiger partial charge in [-0.05, 0) is 42.0 Å². The summed E-state index contributed by atoms with van der Waals surface area (Å²) in [5.41, 5.74) is 5.91.